The minimum Gasteiger partial charge on any atom is -0.431 e. The number of fused-ring (bicyclic) bond motifs is 5. The van der Waals surface area contributed by atoms with Crippen LogP contribution in [0.3, 0.4) is 0 Å². The average molecular weight is 611 g/mol. The molecule has 0 aliphatic heterocycles. The largest absolute Gasteiger partial charge is 0.509 e. The molecule has 43 heavy (non-hydrogen) atoms. The Kier molecular flexibility index (Phi) is 8.13. The van der Waals surface area contributed by atoms with E-state index in [1.807, 2.05) is 0 Å². The van der Waals surface area contributed by atoms with E-state index in [9.17, 15) is 23.9 Å². The lowest BCUT2D eigenvalue weighted by Gasteiger charge is -2.62. The first-order valence-corrected chi connectivity index (χ1v) is 15.7. The SMILES string of the molecule is CC(C)[C@H]1CC[C@H](C)C[C@@H]1OC(=O)O[C@]1(C(=O)OCF)[C@H](C)C[C@H]2[C@@H]3CC(F)=C4CC(=O)C=C[C@]4(C)[C@@]3(F)[C@@H](O)C[C@@]21C. The fraction of sp³-hybridized carbons (Fsp3) is 0.788. The minimum atomic E-state index is -2.37. The second kappa shape index (κ2) is 10.9. The Balaban J connectivity index is 1.54. The number of carbonyl (C=O) groups excluding carboxylic acids is 3. The van der Waals surface area contributed by atoms with Gasteiger partial charge in [-0.05, 0) is 67.9 Å². The molecule has 0 unspecified atom stereocenters. The van der Waals surface area contributed by atoms with Gasteiger partial charge in [0.05, 0.1) is 6.10 Å². The van der Waals surface area contributed by atoms with Crippen LogP contribution in [0.4, 0.5) is 18.0 Å². The summed E-state index contributed by atoms with van der Waals surface area (Å²) in [7, 11) is 0. The summed E-state index contributed by atoms with van der Waals surface area (Å²) in [5, 5.41) is 11.6. The summed E-state index contributed by atoms with van der Waals surface area (Å²) in [6, 6.07) is 0. The van der Waals surface area contributed by atoms with E-state index < -0.39 is 76.9 Å². The maximum Gasteiger partial charge on any atom is 0.509 e. The van der Waals surface area contributed by atoms with Crippen molar-refractivity contribution in [2.45, 2.75) is 110 Å². The highest BCUT2D eigenvalue weighted by Gasteiger charge is 2.78. The molecule has 0 aromatic rings. The van der Waals surface area contributed by atoms with Crippen LogP contribution in [-0.4, -0.2) is 53.4 Å². The molecule has 0 heterocycles. The number of halogens is 3. The predicted octanol–water partition coefficient (Wildman–Crippen LogP) is 6.72. The quantitative estimate of drug-likeness (QED) is 0.345. The van der Waals surface area contributed by atoms with E-state index in [2.05, 4.69) is 20.8 Å². The molecule has 3 fully saturated rings. The van der Waals surface area contributed by atoms with Crippen molar-refractivity contribution in [1.82, 2.24) is 0 Å². The topological polar surface area (TPSA) is 99.1 Å². The van der Waals surface area contributed by atoms with E-state index >= 15 is 8.78 Å². The van der Waals surface area contributed by atoms with Crippen molar-refractivity contribution in [3.63, 3.8) is 0 Å². The molecule has 5 aliphatic carbocycles. The average Bonchev–Trinajstić information content (AvgIpc) is 3.13. The Morgan fingerprint density at radius 3 is 2.49 bits per heavy atom. The smallest absolute Gasteiger partial charge is 0.431 e. The van der Waals surface area contributed by atoms with Crippen molar-refractivity contribution in [3.8, 4) is 0 Å². The molecule has 0 aromatic heterocycles. The molecule has 240 valence electrons. The summed E-state index contributed by atoms with van der Waals surface area (Å²) in [6.07, 6.45) is 0.930. The number of rotatable bonds is 5. The van der Waals surface area contributed by atoms with Gasteiger partial charge in [-0.1, -0.05) is 47.1 Å². The Morgan fingerprint density at radius 1 is 1.14 bits per heavy atom. The van der Waals surface area contributed by atoms with E-state index in [-0.39, 0.29) is 48.9 Å². The predicted molar refractivity (Wildman–Crippen MR) is 150 cm³/mol. The monoisotopic (exact) mass is 610 g/mol. The lowest BCUT2D eigenvalue weighted by atomic mass is 9.45. The van der Waals surface area contributed by atoms with E-state index in [1.165, 1.54) is 19.1 Å². The lowest BCUT2D eigenvalue weighted by Crippen LogP contribution is -2.70. The summed E-state index contributed by atoms with van der Waals surface area (Å²) >= 11 is 0. The van der Waals surface area contributed by atoms with Crippen LogP contribution < -0.4 is 0 Å². The molecule has 3 saturated carbocycles. The van der Waals surface area contributed by atoms with E-state index in [1.54, 1.807) is 13.8 Å². The first kappa shape index (κ1) is 32.0. The van der Waals surface area contributed by atoms with Crippen LogP contribution >= 0.6 is 0 Å². The van der Waals surface area contributed by atoms with Crippen LogP contribution in [0, 0.1) is 46.3 Å². The molecule has 0 amide bonds. The number of hydrogen-bond donors (Lipinski definition) is 1. The highest BCUT2D eigenvalue weighted by Crippen LogP contribution is 2.71. The minimum absolute atomic E-state index is 0.0248. The molecule has 0 bridgehead atoms. The van der Waals surface area contributed by atoms with Crippen LogP contribution in [0.2, 0.25) is 0 Å². The Hall–Kier alpha value is -2.36. The van der Waals surface area contributed by atoms with Crippen LogP contribution in [-0.2, 0) is 23.8 Å². The third-order valence-corrected chi connectivity index (χ3v) is 12.1. The number of allylic oxidation sites excluding steroid dienone is 4. The van der Waals surface area contributed by atoms with Crippen LogP contribution in [0.5, 0.6) is 0 Å². The summed E-state index contributed by atoms with van der Waals surface area (Å²) in [5.74, 6) is -4.13. The van der Waals surface area contributed by atoms with Crippen LogP contribution in [0.1, 0.15) is 86.5 Å². The number of alkyl halides is 2. The van der Waals surface area contributed by atoms with Gasteiger partial charge in [0.1, 0.15) is 11.9 Å². The molecule has 0 spiro atoms. The number of hydrogen-bond acceptors (Lipinski definition) is 7. The maximum absolute atomic E-state index is 17.6. The molecule has 10 heteroatoms. The molecule has 11 atom stereocenters. The maximum atomic E-state index is 17.6. The Bertz CT molecular complexity index is 1230. The van der Waals surface area contributed by atoms with Crippen molar-refractivity contribution < 1.29 is 46.9 Å². The van der Waals surface area contributed by atoms with E-state index in [0.717, 1.165) is 12.8 Å². The second-order valence-electron chi connectivity index (χ2n) is 14.6. The molecule has 5 aliphatic rings. The van der Waals surface area contributed by atoms with Crippen molar-refractivity contribution in [1.29, 1.82) is 0 Å². The highest BCUT2D eigenvalue weighted by molar-refractivity contribution is 5.93. The van der Waals surface area contributed by atoms with Gasteiger partial charge < -0.3 is 19.3 Å². The summed E-state index contributed by atoms with van der Waals surface area (Å²) < 4.78 is 63.6. The van der Waals surface area contributed by atoms with E-state index in [0.29, 0.717) is 12.3 Å². The van der Waals surface area contributed by atoms with Crippen molar-refractivity contribution >= 4 is 17.9 Å². The number of carbonyl (C=O) groups is 3. The van der Waals surface area contributed by atoms with Crippen molar-refractivity contribution in [2.24, 2.45) is 46.3 Å². The zero-order valence-corrected chi connectivity index (χ0v) is 26.0. The zero-order valence-electron chi connectivity index (χ0n) is 26.0. The third-order valence-electron chi connectivity index (χ3n) is 12.1. The van der Waals surface area contributed by atoms with Gasteiger partial charge in [-0.25, -0.2) is 22.8 Å². The number of aliphatic hydroxyl groups is 1. The van der Waals surface area contributed by atoms with Crippen LogP contribution in [0.15, 0.2) is 23.6 Å². The fourth-order valence-electron chi connectivity index (χ4n) is 9.88. The molecule has 0 radical (unpaired) electrons. The second-order valence-corrected chi connectivity index (χ2v) is 14.6. The van der Waals surface area contributed by atoms with E-state index in [4.69, 9.17) is 14.2 Å². The number of esters is 1. The molecule has 5 rings (SSSR count). The Morgan fingerprint density at radius 2 is 1.84 bits per heavy atom. The molecule has 1 N–H and O–H groups in total. The summed E-state index contributed by atoms with van der Waals surface area (Å²) in [6.45, 7) is 9.47. The fourth-order valence-corrected chi connectivity index (χ4v) is 9.88. The lowest BCUT2D eigenvalue weighted by molar-refractivity contribution is -0.231. The first-order chi connectivity index (χ1) is 20.1. The van der Waals surface area contributed by atoms with Crippen molar-refractivity contribution in [2.75, 3.05) is 6.86 Å². The zero-order chi connectivity index (χ0) is 31.7. The van der Waals surface area contributed by atoms with Gasteiger partial charge in [0.2, 0.25) is 12.5 Å². The first-order valence-electron chi connectivity index (χ1n) is 15.7. The van der Waals surface area contributed by atoms with Gasteiger partial charge in [-0.3, -0.25) is 4.79 Å². The summed E-state index contributed by atoms with van der Waals surface area (Å²) in [5.41, 5.74) is -7.50. The molecular formula is C33H45F3O7. The molecule has 0 aromatic carbocycles. The normalized spacial score (nSPS) is 45.7. The van der Waals surface area contributed by atoms with Gasteiger partial charge in [-0.2, -0.15) is 0 Å². The van der Waals surface area contributed by atoms with Crippen molar-refractivity contribution in [3.05, 3.63) is 23.6 Å². The number of ether oxygens (including phenoxy) is 3. The van der Waals surface area contributed by atoms with Gasteiger partial charge in [0, 0.05) is 35.5 Å². The standard InChI is InChI=1S/C33H45F3O7/c1-17(2)21-8-7-18(3)11-26(21)42-29(40)43-33(28(39)41-16-34)19(4)12-22-23-14-25(35)24-13-20(37)9-10-30(24,5)32(23,36)27(38)15-31(22,33)6/h9-10,17-19,21-23,26-27,38H,7-8,11-16H2,1-6H3/t18-,19+,21+,22-,23-,26-,27-,30-,31-,32-,33-/m0/s1. The highest BCUT2D eigenvalue weighted by atomic mass is 19.1. The van der Waals surface area contributed by atoms with Gasteiger partial charge in [0.15, 0.2) is 11.5 Å². The molecular weight excluding hydrogens is 565 g/mol. The summed E-state index contributed by atoms with van der Waals surface area (Å²) in [4.78, 5) is 39.5. The number of ketones is 1. The van der Waals surface area contributed by atoms with Gasteiger partial charge in [-0.15, -0.1) is 0 Å². The van der Waals surface area contributed by atoms with Crippen LogP contribution in [0.25, 0.3) is 0 Å². The molecule has 0 saturated heterocycles. The molecule has 7 nitrogen and oxygen atoms in total. The van der Waals surface area contributed by atoms with Gasteiger partial charge >= 0.3 is 12.1 Å². The van der Waals surface area contributed by atoms with Gasteiger partial charge in [0.25, 0.3) is 0 Å². The Labute approximate surface area is 251 Å². The number of aliphatic hydroxyl groups excluding tert-OH is 1. The third kappa shape index (κ3) is 4.51.